The van der Waals surface area contributed by atoms with Gasteiger partial charge in [0.05, 0.1) is 37.9 Å². The van der Waals surface area contributed by atoms with Crippen LogP contribution in [0.5, 0.6) is 0 Å². The molecule has 2 aromatic carbocycles. The summed E-state index contributed by atoms with van der Waals surface area (Å²) in [4.78, 5) is 28.1. The van der Waals surface area contributed by atoms with Gasteiger partial charge >= 0.3 is 0 Å². The highest BCUT2D eigenvalue weighted by Crippen LogP contribution is 2.42. The van der Waals surface area contributed by atoms with E-state index in [1.807, 2.05) is 72.8 Å². The van der Waals surface area contributed by atoms with Crippen molar-refractivity contribution >= 4 is 70.2 Å². The SMILES string of the molecule is C=N/C=C\C(=C/C)CC(=O)N1CCC(=C2c3cc(Cl)c(Cl)cc3CCc3cccnc32)CC1.Clc1cc2c(cc1Cl)C(=C1CCNCC1)c1ncccc1CC2. The number of carbonyl (C=O) groups is 1. The number of carbonyl (C=O) groups excluding carboxylic acids is 1. The van der Waals surface area contributed by atoms with E-state index in [9.17, 15) is 4.79 Å². The van der Waals surface area contributed by atoms with Crippen LogP contribution in [0, 0.1) is 0 Å². The number of nitrogens with one attached hydrogen (secondary N) is 1. The third-order valence-electron chi connectivity index (χ3n) is 11.2. The minimum Gasteiger partial charge on any atom is -0.342 e. The fraction of sp³-hybridized carbons (Fsp3) is 0.304. The zero-order valence-electron chi connectivity index (χ0n) is 31.6. The van der Waals surface area contributed by atoms with Gasteiger partial charge in [-0.1, -0.05) is 75.8 Å². The van der Waals surface area contributed by atoms with Gasteiger partial charge in [0.15, 0.2) is 0 Å². The molecule has 2 fully saturated rings. The maximum absolute atomic E-state index is 12.9. The highest BCUT2D eigenvalue weighted by Gasteiger charge is 2.28. The summed E-state index contributed by atoms with van der Waals surface area (Å²) in [5.41, 5.74) is 15.7. The molecule has 0 radical (unpaired) electrons. The van der Waals surface area contributed by atoms with E-state index in [1.165, 1.54) is 44.5 Å². The molecule has 2 aromatic heterocycles. The average Bonchev–Trinajstić information content (AvgIpc) is 3.48. The number of fused-ring (bicyclic) bond motifs is 4. The number of hydrogen-bond acceptors (Lipinski definition) is 5. The lowest BCUT2D eigenvalue weighted by molar-refractivity contribution is -0.130. The lowest BCUT2D eigenvalue weighted by atomic mass is 9.88. The quantitative estimate of drug-likeness (QED) is 0.164. The summed E-state index contributed by atoms with van der Waals surface area (Å²) in [6.07, 6.45) is 17.0. The van der Waals surface area contributed by atoms with E-state index in [0.29, 0.717) is 39.6 Å². The van der Waals surface area contributed by atoms with Gasteiger partial charge in [0.1, 0.15) is 0 Å². The van der Waals surface area contributed by atoms with Gasteiger partial charge in [0, 0.05) is 42.8 Å². The number of allylic oxidation sites excluding steroid dienone is 2. The minimum absolute atomic E-state index is 0.135. The highest BCUT2D eigenvalue weighted by molar-refractivity contribution is 6.42. The Morgan fingerprint density at radius 3 is 1.71 bits per heavy atom. The molecule has 2 saturated heterocycles. The molecule has 288 valence electrons. The number of halogens is 4. The maximum atomic E-state index is 12.9. The number of likely N-dealkylation sites (tertiary alicyclic amines) is 1. The van der Waals surface area contributed by atoms with Crippen molar-refractivity contribution in [2.45, 2.75) is 64.7 Å². The van der Waals surface area contributed by atoms with E-state index in [-0.39, 0.29) is 5.91 Å². The monoisotopic (exact) mass is 823 g/mol. The number of nitrogens with zero attached hydrogens (tertiary/aromatic N) is 4. The number of benzene rings is 2. The van der Waals surface area contributed by atoms with E-state index in [2.05, 4.69) is 29.2 Å². The molecule has 10 heteroatoms. The first-order valence-corrected chi connectivity index (χ1v) is 20.8. The van der Waals surface area contributed by atoms with Crippen LogP contribution in [0.2, 0.25) is 20.1 Å². The molecule has 1 N–H and O–H groups in total. The van der Waals surface area contributed by atoms with Crippen molar-refractivity contribution in [1.29, 1.82) is 0 Å². The number of piperidine rings is 2. The first-order valence-electron chi connectivity index (χ1n) is 19.3. The number of aryl methyl sites for hydroxylation is 4. The number of hydrogen-bond donors (Lipinski definition) is 1. The lowest BCUT2D eigenvalue weighted by Crippen LogP contribution is -2.36. The molecule has 2 aliphatic carbocycles. The molecule has 0 saturated carbocycles. The van der Waals surface area contributed by atoms with Crippen molar-refractivity contribution in [2.75, 3.05) is 26.2 Å². The summed E-state index contributed by atoms with van der Waals surface area (Å²) in [5, 5.41) is 5.84. The Morgan fingerprint density at radius 2 is 1.21 bits per heavy atom. The summed E-state index contributed by atoms with van der Waals surface area (Å²) in [6.45, 7) is 8.82. The molecule has 4 aliphatic rings. The molecule has 0 atom stereocenters. The standard InChI is InChI=1S/C27H27Cl2N3O.C19H18Cl2N2/c1-3-18(8-12-30-2)15-25(33)32-13-9-19(10-14-32)26-22-17-24(29)23(28)16-21(22)7-6-20-5-4-11-31-27(20)26;20-16-10-14-4-3-13-2-1-7-23-19(13)18(15(14)11-17(16)21)12-5-8-22-9-6-12/h3-5,8,11-12,16-17H,2,6-7,9-10,13-15H2,1H3;1-2,7,10-11,22H,3-6,8-9H2/b12-8-,18-3+;. The fourth-order valence-corrected chi connectivity index (χ4v) is 8.94. The van der Waals surface area contributed by atoms with Crippen LogP contribution in [0.3, 0.4) is 0 Å². The van der Waals surface area contributed by atoms with Crippen LogP contribution in [0.25, 0.3) is 11.1 Å². The Hall–Kier alpha value is -4.04. The normalized spacial score (nSPS) is 16.9. The molecule has 1 amide bonds. The zero-order chi connectivity index (χ0) is 39.2. The van der Waals surface area contributed by atoms with Crippen LogP contribution in [-0.4, -0.2) is 53.7 Å². The van der Waals surface area contributed by atoms with Crippen LogP contribution in [0.1, 0.15) is 83.8 Å². The molecule has 2 aliphatic heterocycles. The summed E-state index contributed by atoms with van der Waals surface area (Å²) in [6, 6.07) is 16.4. The molecule has 0 unspecified atom stereocenters. The minimum atomic E-state index is 0.135. The van der Waals surface area contributed by atoms with Crippen molar-refractivity contribution < 1.29 is 4.79 Å². The van der Waals surface area contributed by atoms with E-state index in [1.54, 1.807) is 6.20 Å². The smallest absolute Gasteiger partial charge is 0.226 e. The second kappa shape index (κ2) is 18.5. The summed E-state index contributed by atoms with van der Waals surface area (Å²) < 4.78 is 0. The molecule has 56 heavy (non-hydrogen) atoms. The Bertz CT molecular complexity index is 2270. The number of aliphatic imine (C=N–C) groups is 1. The zero-order valence-corrected chi connectivity index (χ0v) is 34.6. The second-order valence-electron chi connectivity index (χ2n) is 14.5. The van der Waals surface area contributed by atoms with Gasteiger partial charge in [-0.2, -0.15) is 0 Å². The van der Waals surface area contributed by atoms with Gasteiger partial charge in [-0.15, -0.1) is 0 Å². The topological polar surface area (TPSA) is 70.5 Å². The van der Waals surface area contributed by atoms with Crippen molar-refractivity contribution in [1.82, 2.24) is 20.2 Å². The van der Waals surface area contributed by atoms with Crippen LogP contribution in [0.4, 0.5) is 0 Å². The molecule has 0 spiro atoms. The Morgan fingerprint density at radius 1 is 0.732 bits per heavy atom. The van der Waals surface area contributed by atoms with Crippen LogP contribution in [-0.2, 0) is 30.5 Å². The fourth-order valence-electron chi connectivity index (χ4n) is 8.24. The summed E-state index contributed by atoms with van der Waals surface area (Å²) in [7, 11) is 0. The molecular formula is C46H45Cl4N5O. The summed E-state index contributed by atoms with van der Waals surface area (Å²) >= 11 is 25.4. The second-order valence-corrected chi connectivity index (χ2v) is 16.1. The number of rotatable bonds is 4. The average molecular weight is 826 g/mol. The predicted molar refractivity (Wildman–Crippen MR) is 233 cm³/mol. The molecule has 4 aromatic rings. The number of pyridine rings is 2. The van der Waals surface area contributed by atoms with Crippen LogP contribution < -0.4 is 5.32 Å². The molecule has 6 nitrogen and oxygen atoms in total. The van der Waals surface area contributed by atoms with Crippen molar-refractivity contribution in [3.05, 3.63) is 161 Å². The van der Waals surface area contributed by atoms with Crippen LogP contribution in [0.15, 0.2) is 101 Å². The first kappa shape index (κ1) is 40.2. The Kier molecular flexibility index (Phi) is 13.3. The van der Waals surface area contributed by atoms with E-state index >= 15 is 0 Å². The van der Waals surface area contributed by atoms with E-state index < -0.39 is 0 Å². The van der Waals surface area contributed by atoms with E-state index in [0.717, 1.165) is 92.6 Å². The van der Waals surface area contributed by atoms with Crippen molar-refractivity contribution in [3.8, 4) is 0 Å². The Labute approximate surface area is 350 Å². The summed E-state index contributed by atoms with van der Waals surface area (Å²) in [5.74, 6) is 0.135. The molecule has 4 heterocycles. The predicted octanol–water partition coefficient (Wildman–Crippen LogP) is 11.1. The van der Waals surface area contributed by atoms with Gasteiger partial charge < -0.3 is 10.2 Å². The first-order chi connectivity index (χ1) is 27.2. The third kappa shape index (κ3) is 8.91. The van der Waals surface area contributed by atoms with Gasteiger partial charge in [0.25, 0.3) is 0 Å². The molecule has 0 bridgehead atoms. The lowest BCUT2D eigenvalue weighted by Gasteiger charge is -2.30. The maximum Gasteiger partial charge on any atom is 0.226 e. The van der Waals surface area contributed by atoms with E-state index in [4.69, 9.17) is 56.4 Å². The number of aromatic nitrogens is 2. The van der Waals surface area contributed by atoms with Gasteiger partial charge in [-0.25, -0.2) is 0 Å². The third-order valence-corrected chi connectivity index (χ3v) is 12.6. The molecular weight excluding hydrogens is 780 g/mol. The highest BCUT2D eigenvalue weighted by atomic mass is 35.5. The van der Waals surface area contributed by atoms with Gasteiger partial charge in [-0.05, 0) is 160 Å². The molecule has 8 rings (SSSR count). The Balaban J connectivity index is 0.000000182. The van der Waals surface area contributed by atoms with Gasteiger partial charge in [0.2, 0.25) is 5.91 Å². The van der Waals surface area contributed by atoms with Crippen molar-refractivity contribution in [2.24, 2.45) is 4.99 Å². The largest absolute Gasteiger partial charge is 0.342 e. The van der Waals surface area contributed by atoms with Crippen LogP contribution >= 0.6 is 46.4 Å². The van der Waals surface area contributed by atoms with Gasteiger partial charge in [-0.3, -0.25) is 19.8 Å². The number of amides is 1. The van der Waals surface area contributed by atoms with Crippen molar-refractivity contribution in [3.63, 3.8) is 0 Å².